The Morgan fingerprint density at radius 2 is 2.31 bits per heavy atom. The van der Waals surface area contributed by atoms with Crippen LogP contribution in [0.15, 0.2) is 29.2 Å². The summed E-state index contributed by atoms with van der Waals surface area (Å²) in [5, 5.41) is 9.09. The van der Waals surface area contributed by atoms with Gasteiger partial charge in [0.1, 0.15) is 0 Å². The summed E-state index contributed by atoms with van der Waals surface area (Å²) < 4.78 is 0. The van der Waals surface area contributed by atoms with Crippen LogP contribution in [0.1, 0.15) is 12.5 Å². The number of aliphatic hydroxyl groups excluding tert-OH is 1. The highest BCUT2D eigenvalue weighted by Crippen LogP contribution is 2.19. The van der Waals surface area contributed by atoms with Crippen molar-refractivity contribution in [1.29, 1.82) is 0 Å². The highest BCUT2D eigenvalue weighted by atomic mass is 32.2. The molecule has 0 spiro atoms. The summed E-state index contributed by atoms with van der Waals surface area (Å²) in [5.74, 6) is 0.730. The van der Waals surface area contributed by atoms with E-state index in [4.69, 9.17) is 10.8 Å². The summed E-state index contributed by atoms with van der Waals surface area (Å²) in [6.07, 6.45) is -0.258. The van der Waals surface area contributed by atoms with Gasteiger partial charge in [0.25, 0.3) is 0 Å². The first-order valence-corrected chi connectivity index (χ1v) is 5.31. The van der Waals surface area contributed by atoms with Gasteiger partial charge in [-0.15, -0.1) is 11.8 Å². The van der Waals surface area contributed by atoms with E-state index in [1.54, 1.807) is 18.7 Å². The molecule has 0 bridgehead atoms. The van der Waals surface area contributed by atoms with Crippen LogP contribution < -0.4 is 5.73 Å². The van der Waals surface area contributed by atoms with Crippen LogP contribution in [0.5, 0.6) is 0 Å². The van der Waals surface area contributed by atoms with Crippen molar-refractivity contribution in [1.82, 2.24) is 0 Å². The predicted molar refractivity (Wildman–Crippen MR) is 56.7 cm³/mol. The van der Waals surface area contributed by atoms with Crippen LogP contribution in [0.25, 0.3) is 0 Å². The minimum atomic E-state index is -0.258. The maximum absolute atomic E-state index is 9.09. The Balaban J connectivity index is 2.56. The molecule has 0 aromatic heterocycles. The van der Waals surface area contributed by atoms with Crippen LogP contribution in [0.3, 0.4) is 0 Å². The molecule has 2 nitrogen and oxygen atoms in total. The van der Waals surface area contributed by atoms with Gasteiger partial charge in [-0.05, 0) is 24.6 Å². The third-order valence-corrected chi connectivity index (χ3v) is 2.86. The lowest BCUT2D eigenvalue weighted by molar-refractivity contribution is 0.220. The molecule has 72 valence electrons. The summed E-state index contributed by atoms with van der Waals surface area (Å²) in [6, 6.07) is 8.10. The second-order valence-electron chi connectivity index (χ2n) is 3.01. The summed E-state index contributed by atoms with van der Waals surface area (Å²) in [4.78, 5) is 1.17. The van der Waals surface area contributed by atoms with E-state index in [0.29, 0.717) is 6.54 Å². The van der Waals surface area contributed by atoms with Crippen molar-refractivity contribution in [3.63, 3.8) is 0 Å². The maximum Gasteiger partial charge on any atom is 0.0606 e. The molecular formula is C10H15NOS. The van der Waals surface area contributed by atoms with Crippen LogP contribution in [-0.4, -0.2) is 17.0 Å². The van der Waals surface area contributed by atoms with Gasteiger partial charge in [-0.25, -0.2) is 0 Å². The fourth-order valence-corrected chi connectivity index (χ4v) is 1.82. The van der Waals surface area contributed by atoms with E-state index < -0.39 is 0 Å². The normalized spacial score (nSPS) is 12.8. The van der Waals surface area contributed by atoms with E-state index in [0.717, 1.165) is 11.3 Å². The number of hydrogen-bond donors (Lipinski definition) is 2. The van der Waals surface area contributed by atoms with Gasteiger partial charge in [0, 0.05) is 17.2 Å². The fourth-order valence-electron chi connectivity index (χ4n) is 0.979. The van der Waals surface area contributed by atoms with Gasteiger partial charge < -0.3 is 10.8 Å². The van der Waals surface area contributed by atoms with Gasteiger partial charge in [0.2, 0.25) is 0 Å². The van der Waals surface area contributed by atoms with Crippen molar-refractivity contribution >= 4 is 11.8 Å². The average molecular weight is 197 g/mol. The number of aliphatic hydroxyl groups is 1. The van der Waals surface area contributed by atoms with Gasteiger partial charge in [-0.1, -0.05) is 12.1 Å². The first-order valence-electron chi connectivity index (χ1n) is 4.32. The second kappa shape index (κ2) is 5.27. The molecule has 0 heterocycles. The molecule has 0 amide bonds. The third kappa shape index (κ3) is 3.81. The van der Waals surface area contributed by atoms with E-state index in [9.17, 15) is 0 Å². The number of thioether (sulfide) groups is 1. The van der Waals surface area contributed by atoms with Crippen molar-refractivity contribution in [2.24, 2.45) is 5.73 Å². The van der Waals surface area contributed by atoms with Crippen LogP contribution in [0.4, 0.5) is 0 Å². The van der Waals surface area contributed by atoms with E-state index in [-0.39, 0.29) is 6.10 Å². The topological polar surface area (TPSA) is 46.2 Å². The SMILES string of the molecule is CC(O)CSc1cccc(CN)c1. The largest absolute Gasteiger partial charge is 0.393 e. The van der Waals surface area contributed by atoms with E-state index in [2.05, 4.69) is 6.07 Å². The van der Waals surface area contributed by atoms with Crippen molar-refractivity contribution < 1.29 is 5.11 Å². The number of hydrogen-bond acceptors (Lipinski definition) is 3. The summed E-state index contributed by atoms with van der Waals surface area (Å²) >= 11 is 1.65. The minimum Gasteiger partial charge on any atom is -0.393 e. The molecule has 0 aliphatic carbocycles. The molecule has 0 radical (unpaired) electrons. The van der Waals surface area contributed by atoms with Gasteiger partial charge in [0.05, 0.1) is 6.10 Å². The minimum absolute atomic E-state index is 0.258. The Kier molecular flexibility index (Phi) is 4.28. The summed E-state index contributed by atoms with van der Waals surface area (Å²) in [6.45, 7) is 2.36. The molecular weight excluding hydrogens is 182 g/mol. The quantitative estimate of drug-likeness (QED) is 0.721. The smallest absolute Gasteiger partial charge is 0.0606 e. The summed E-state index contributed by atoms with van der Waals surface area (Å²) in [7, 11) is 0. The van der Waals surface area contributed by atoms with Crippen LogP contribution >= 0.6 is 11.8 Å². The molecule has 13 heavy (non-hydrogen) atoms. The first-order chi connectivity index (χ1) is 6.22. The first kappa shape index (κ1) is 10.6. The Labute approximate surface area is 83.1 Å². The molecule has 0 saturated carbocycles. The lowest BCUT2D eigenvalue weighted by Gasteiger charge is -2.05. The Morgan fingerprint density at radius 1 is 1.54 bits per heavy atom. The number of nitrogens with two attached hydrogens (primary N) is 1. The molecule has 3 N–H and O–H groups in total. The fraction of sp³-hybridized carbons (Fsp3) is 0.400. The zero-order chi connectivity index (χ0) is 9.68. The highest BCUT2D eigenvalue weighted by Gasteiger charge is 1.98. The van der Waals surface area contributed by atoms with Crippen molar-refractivity contribution in [3.05, 3.63) is 29.8 Å². The van der Waals surface area contributed by atoms with Crippen LogP contribution in [0, 0.1) is 0 Å². The molecule has 0 aliphatic heterocycles. The zero-order valence-corrected chi connectivity index (χ0v) is 8.55. The second-order valence-corrected chi connectivity index (χ2v) is 4.10. The van der Waals surface area contributed by atoms with Crippen molar-refractivity contribution in [2.45, 2.75) is 24.5 Å². The molecule has 1 unspecified atom stereocenters. The third-order valence-electron chi connectivity index (χ3n) is 1.63. The lowest BCUT2D eigenvalue weighted by Crippen LogP contribution is -2.02. The predicted octanol–water partition coefficient (Wildman–Crippen LogP) is 1.62. The molecule has 1 rings (SSSR count). The average Bonchev–Trinajstić information content (AvgIpc) is 2.15. The van der Waals surface area contributed by atoms with Gasteiger partial charge in [-0.2, -0.15) is 0 Å². The summed E-state index contributed by atoms with van der Waals surface area (Å²) in [5.41, 5.74) is 6.65. The van der Waals surface area contributed by atoms with E-state index in [1.807, 2.05) is 18.2 Å². The van der Waals surface area contributed by atoms with Crippen LogP contribution in [0.2, 0.25) is 0 Å². The number of rotatable bonds is 4. The molecule has 0 fully saturated rings. The van der Waals surface area contributed by atoms with Gasteiger partial charge >= 0.3 is 0 Å². The number of benzene rings is 1. The van der Waals surface area contributed by atoms with Crippen LogP contribution in [-0.2, 0) is 6.54 Å². The van der Waals surface area contributed by atoms with E-state index in [1.165, 1.54) is 4.90 Å². The zero-order valence-electron chi connectivity index (χ0n) is 7.73. The lowest BCUT2D eigenvalue weighted by atomic mass is 10.2. The molecule has 1 aromatic carbocycles. The van der Waals surface area contributed by atoms with E-state index >= 15 is 0 Å². The molecule has 3 heteroatoms. The highest BCUT2D eigenvalue weighted by molar-refractivity contribution is 7.99. The van der Waals surface area contributed by atoms with Crippen molar-refractivity contribution in [3.8, 4) is 0 Å². The van der Waals surface area contributed by atoms with Gasteiger partial charge in [0.15, 0.2) is 0 Å². The Morgan fingerprint density at radius 3 is 2.92 bits per heavy atom. The molecule has 0 saturated heterocycles. The van der Waals surface area contributed by atoms with Crippen molar-refractivity contribution in [2.75, 3.05) is 5.75 Å². The Hall–Kier alpha value is -0.510. The molecule has 1 aromatic rings. The standard InChI is InChI=1S/C10H15NOS/c1-8(12)7-13-10-4-2-3-9(5-10)6-11/h2-5,8,12H,6-7,11H2,1H3. The molecule has 1 atom stereocenters. The van der Waals surface area contributed by atoms with Gasteiger partial charge in [-0.3, -0.25) is 0 Å². The molecule has 0 aliphatic rings. The Bertz CT molecular complexity index is 263. The maximum atomic E-state index is 9.09. The monoisotopic (exact) mass is 197 g/mol.